The minimum Gasteiger partial charge on any atom is -0.480 e. The largest absolute Gasteiger partial charge is 0.480 e. The zero-order valence-corrected chi connectivity index (χ0v) is 12.5. The molecule has 1 atom stereocenters. The van der Waals surface area contributed by atoms with Crippen LogP contribution in [0.15, 0.2) is 18.2 Å². The summed E-state index contributed by atoms with van der Waals surface area (Å²) in [6.45, 7) is -0.353. The van der Waals surface area contributed by atoms with Crippen LogP contribution in [0.3, 0.4) is 0 Å². The van der Waals surface area contributed by atoms with Crippen molar-refractivity contribution in [1.82, 2.24) is 10.6 Å². The zero-order valence-electron chi connectivity index (χ0n) is 12.5. The number of hydrogen-bond donors (Lipinski definition) is 4. The van der Waals surface area contributed by atoms with Crippen molar-refractivity contribution >= 4 is 35.7 Å². The average Bonchev–Trinajstić information content (AvgIpc) is 2.55. The molecule has 0 radical (unpaired) electrons. The van der Waals surface area contributed by atoms with Crippen LogP contribution in [-0.4, -0.2) is 47.7 Å². The third-order valence-corrected chi connectivity index (χ3v) is 3.41. The number of nitrogens with one attached hydrogen (secondary N) is 3. The molecule has 1 aliphatic rings. The molecular weight excluding hydrogens is 318 g/mol. The first-order valence-corrected chi connectivity index (χ1v) is 7.10. The Balaban J connectivity index is 2.16. The van der Waals surface area contributed by atoms with E-state index in [0.29, 0.717) is 12.0 Å². The van der Waals surface area contributed by atoms with Gasteiger partial charge in [0.1, 0.15) is 12.6 Å². The summed E-state index contributed by atoms with van der Waals surface area (Å²) in [7, 11) is 0. The van der Waals surface area contributed by atoms with Gasteiger partial charge in [0.2, 0.25) is 11.8 Å². The van der Waals surface area contributed by atoms with E-state index in [1.165, 1.54) is 18.2 Å². The molecule has 0 saturated carbocycles. The number of piperidine rings is 1. The summed E-state index contributed by atoms with van der Waals surface area (Å²) in [5.74, 6) is -2.75. The molecular formula is C15H15N3O6. The van der Waals surface area contributed by atoms with Crippen LogP contribution in [-0.2, 0) is 14.4 Å². The van der Waals surface area contributed by atoms with Crippen molar-refractivity contribution in [3.63, 3.8) is 0 Å². The van der Waals surface area contributed by atoms with Crippen LogP contribution in [0.5, 0.6) is 0 Å². The van der Waals surface area contributed by atoms with E-state index in [0.717, 1.165) is 0 Å². The Morgan fingerprint density at radius 2 is 2.08 bits per heavy atom. The van der Waals surface area contributed by atoms with Gasteiger partial charge in [0.05, 0.1) is 5.56 Å². The predicted octanol–water partition coefficient (Wildman–Crippen LogP) is -0.469. The molecule has 9 heteroatoms. The maximum atomic E-state index is 12.3. The van der Waals surface area contributed by atoms with Gasteiger partial charge in [0.25, 0.3) is 5.91 Å². The fourth-order valence-corrected chi connectivity index (χ4v) is 2.21. The van der Waals surface area contributed by atoms with Gasteiger partial charge < -0.3 is 15.7 Å². The van der Waals surface area contributed by atoms with Gasteiger partial charge in [-0.25, -0.2) is 0 Å². The van der Waals surface area contributed by atoms with Crippen LogP contribution in [0.4, 0.5) is 5.69 Å². The molecule has 3 amide bonds. The summed E-state index contributed by atoms with van der Waals surface area (Å²) in [5.41, 5.74) is 0.446. The van der Waals surface area contributed by atoms with Gasteiger partial charge in [-0.3, -0.25) is 29.3 Å². The molecule has 0 bridgehead atoms. The van der Waals surface area contributed by atoms with Crippen molar-refractivity contribution in [3.05, 3.63) is 29.3 Å². The quantitative estimate of drug-likeness (QED) is 0.407. The van der Waals surface area contributed by atoms with Gasteiger partial charge in [-0.2, -0.15) is 0 Å². The molecule has 1 unspecified atom stereocenters. The molecule has 1 saturated heterocycles. The normalized spacial score (nSPS) is 16.9. The molecule has 1 heterocycles. The molecule has 9 nitrogen and oxygen atoms in total. The molecule has 4 N–H and O–H groups in total. The topological polar surface area (TPSA) is 142 Å². The minimum atomic E-state index is -1.08. The molecule has 24 heavy (non-hydrogen) atoms. The number of aliphatic carboxylic acids is 1. The van der Waals surface area contributed by atoms with Gasteiger partial charge in [-0.05, 0) is 24.6 Å². The number of rotatable bonds is 6. The number of anilines is 1. The van der Waals surface area contributed by atoms with Gasteiger partial charge in [0, 0.05) is 17.7 Å². The number of carboxylic acids is 1. The van der Waals surface area contributed by atoms with Gasteiger partial charge >= 0.3 is 5.97 Å². The molecule has 126 valence electrons. The van der Waals surface area contributed by atoms with E-state index >= 15 is 0 Å². The monoisotopic (exact) mass is 333 g/mol. The van der Waals surface area contributed by atoms with Gasteiger partial charge in [-0.15, -0.1) is 0 Å². The van der Waals surface area contributed by atoms with Crippen molar-refractivity contribution in [2.45, 2.75) is 18.9 Å². The summed E-state index contributed by atoms with van der Waals surface area (Å²) in [5, 5.41) is 15.8. The Morgan fingerprint density at radius 1 is 1.33 bits per heavy atom. The number of carboxylic acid groups (broad SMARTS) is 1. The maximum absolute atomic E-state index is 12.3. The molecule has 0 aliphatic carbocycles. The number of hydrogen-bond acceptors (Lipinski definition) is 6. The van der Waals surface area contributed by atoms with Gasteiger partial charge in [-0.1, -0.05) is 0 Å². The van der Waals surface area contributed by atoms with Crippen LogP contribution >= 0.6 is 0 Å². The van der Waals surface area contributed by atoms with E-state index in [4.69, 9.17) is 5.11 Å². The highest BCUT2D eigenvalue weighted by atomic mass is 16.4. The van der Waals surface area contributed by atoms with E-state index in [1.807, 2.05) is 0 Å². The highest BCUT2D eigenvalue weighted by Crippen LogP contribution is 2.16. The number of benzene rings is 1. The van der Waals surface area contributed by atoms with Crippen molar-refractivity contribution in [3.8, 4) is 0 Å². The smallest absolute Gasteiger partial charge is 0.322 e. The lowest BCUT2D eigenvalue weighted by Crippen LogP contribution is -2.52. The number of carbonyl (C=O) groups is 5. The Morgan fingerprint density at radius 3 is 2.71 bits per heavy atom. The molecule has 0 aromatic heterocycles. The third kappa shape index (κ3) is 4.15. The third-order valence-electron chi connectivity index (χ3n) is 3.41. The fraction of sp³-hybridized carbons (Fsp3) is 0.267. The van der Waals surface area contributed by atoms with Crippen molar-refractivity contribution in [1.29, 1.82) is 0 Å². The second-order valence-electron chi connectivity index (χ2n) is 5.14. The van der Waals surface area contributed by atoms with Gasteiger partial charge in [0.15, 0.2) is 6.29 Å². The van der Waals surface area contributed by atoms with Crippen molar-refractivity contribution < 1.29 is 29.1 Å². The minimum absolute atomic E-state index is 0.00471. The first-order chi connectivity index (χ1) is 11.4. The predicted molar refractivity (Wildman–Crippen MR) is 81.6 cm³/mol. The highest BCUT2D eigenvalue weighted by Gasteiger charge is 2.28. The van der Waals surface area contributed by atoms with Crippen LogP contribution in [0.1, 0.15) is 33.6 Å². The second-order valence-corrected chi connectivity index (χ2v) is 5.14. The van der Waals surface area contributed by atoms with E-state index in [1.54, 1.807) is 0 Å². The molecule has 2 rings (SSSR count). The highest BCUT2D eigenvalue weighted by molar-refractivity contribution is 6.06. The second kappa shape index (κ2) is 7.36. The summed E-state index contributed by atoms with van der Waals surface area (Å²) in [6.07, 6.45) is 0.765. The first kappa shape index (κ1) is 17.1. The molecule has 1 fully saturated rings. The standard InChI is InChI=1S/C15H15N3O6/c19-7-8-1-2-9(16-6-13(21)22)5-10(8)14(23)17-11-3-4-12(20)18-15(11)24/h1-2,5,7,11,16H,3-4,6H2,(H,17,23)(H,21,22)(H,18,20,24). The summed E-state index contributed by atoms with van der Waals surface area (Å²) in [6, 6.07) is 3.30. The lowest BCUT2D eigenvalue weighted by atomic mass is 10.0. The van der Waals surface area contributed by atoms with Crippen LogP contribution in [0.2, 0.25) is 0 Å². The van der Waals surface area contributed by atoms with E-state index in [9.17, 15) is 24.0 Å². The Labute approximate surface area is 136 Å². The number of carbonyl (C=O) groups excluding carboxylic acids is 4. The van der Waals surface area contributed by atoms with E-state index in [-0.39, 0.29) is 30.5 Å². The van der Waals surface area contributed by atoms with Crippen LogP contribution in [0.25, 0.3) is 0 Å². The van der Waals surface area contributed by atoms with E-state index < -0.39 is 29.7 Å². The number of amides is 3. The Kier molecular flexibility index (Phi) is 5.25. The Bertz CT molecular complexity index is 715. The fourth-order valence-electron chi connectivity index (χ4n) is 2.21. The number of imide groups is 1. The summed E-state index contributed by atoms with van der Waals surface area (Å²) < 4.78 is 0. The van der Waals surface area contributed by atoms with Crippen LogP contribution < -0.4 is 16.0 Å². The molecule has 1 aliphatic heterocycles. The van der Waals surface area contributed by atoms with Crippen molar-refractivity contribution in [2.24, 2.45) is 0 Å². The molecule has 0 spiro atoms. The Hall–Kier alpha value is -3.23. The molecule has 1 aromatic rings. The number of aldehydes is 1. The maximum Gasteiger partial charge on any atom is 0.322 e. The summed E-state index contributed by atoms with van der Waals surface area (Å²) >= 11 is 0. The first-order valence-electron chi connectivity index (χ1n) is 7.10. The van der Waals surface area contributed by atoms with Crippen molar-refractivity contribution in [2.75, 3.05) is 11.9 Å². The SMILES string of the molecule is O=Cc1ccc(NCC(=O)O)cc1C(=O)NC1CCC(=O)NC1=O. The van der Waals surface area contributed by atoms with Crippen LogP contribution in [0, 0.1) is 0 Å². The zero-order chi connectivity index (χ0) is 17.7. The lowest BCUT2D eigenvalue weighted by Gasteiger charge is -2.22. The van der Waals surface area contributed by atoms with E-state index in [2.05, 4.69) is 16.0 Å². The summed E-state index contributed by atoms with van der Waals surface area (Å²) in [4.78, 5) is 56.8. The molecule has 1 aromatic carbocycles. The average molecular weight is 333 g/mol. The lowest BCUT2D eigenvalue weighted by molar-refractivity contribution is -0.136.